The van der Waals surface area contributed by atoms with Gasteiger partial charge in [0.15, 0.2) is 0 Å². The molecule has 0 saturated heterocycles. The van der Waals surface area contributed by atoms with E-state index in [1.165, 1.54) is 0 Å². The van der Waals surface area contributed by atoms with Crippen LogP contribution in [-0.2, 0) is 11.3 Å². The number of hydrogen-bond acceptors (Lipinski definition) is 5. The standard InChI is InChI=1S/C13H12N2O2S2/c1-2-4-15(7-12(16)17)6-11-9-19-13(14-11)10-3-5-18-8-10/h1,3,5,8-9H,4,6-7H2,(H,16,17). The molecule has 2 heterocycles. The van der Waals surface area contributed by atoms with Gasteiger partial charge in [-0.3, -0.25) is 9.69 Å². The molecule has 0 atom stereocenters. The smallest absolute Gasteiger partial charge is 0.317 e. The molecule has 0 amide bonds. The van der Waals surface area contributed by atoms with Crippen molar-refractivity contribution in [1.82, 2.24) is 9.88 Å². The van der Waals surface area contributed by atoms with Crippen molar-refractivity contribution in [1.29, 1.82) is 0 Å². The van der Waals surface area contributed by atoms with Gasteiger partial charge in [0.25, 0.3) is 0 Å². The molecule has 2 aromatic rings. The highest BCUT2D eigenvalue weighted by Gasteiger charge is 2.12. The van der Waals surface area contributed by atoms with Gasteiger partial charge in [-0.2, -0.15) is 11.3 Å². The van der Waals surface area contributed by atoms with Crippen molar-refractivity contribution in [3.63, 3.8) is 0 Å². The van der Waals surface area contributed by atoms with Gasteiger partial charge in [0.2, 0.25) is 0 Å². The number of nitrogens with zero attached hydrogens (tertiary/aromatic N) is 2. The number of aromatic nitrogens is 1. The fourth-order valence-corrected chi connectivity index (χ4v) is 3.14. The van der Waals surface area contributed by atoms with Crippen LogP contribution in [0.5, 0.6) is 0 Å². The molecule has 0 aromatic carbocycles. The molecule has 2 rings (SSSR count). The average Bonchev–Trinajstić information content (AvgIpc) is 2.97. The lowest BCUT2D eigenvalue weighted by Gasteiger charge is -2.15. The third kappa shape index (κ3) is 3.89. The van der Waals surface area contributed by atoms with E-state index in [9.17, 15) is 4.79 Å². The van der Waals surface area contributed by atoms with Crippen LogP contribution < -0.4 is 0 Å². The first-order chi connectivity index (χ1) is 9.19. The Bertz CT molecular complexity index is 584. The highest BCUT2D eigenvalue weighted by Crippen LogP contribution is 2.26. The van der Waals surface area contributed by atoms with Crippen LogP contribution in [-0.4, -0.2) is 34.0 Å². The summed E-state index contributed by atoms with van der Waals surface area (Å²) >= 11 is 3.18. The Balaban J connectivity index is 2.06. The van der Waals surface area contributed by atoms with Crippen LogP contribution in [0, 0.1) is 12.3 Å². The maximum atomic E-state index is 10.7. The lowest BCUT2D eigenvalue weighted by molar-refractivity contribution is -0.138. The van der Waals surface area contributed by atoms with Gasteiger partial charge in [-0.25, -0.2) is 4.98 Å². The van der Waals surface area contributed by atoms with Crippen LogP contribution in [0.15, 0.2) is 22.2 Å². The molecule has 0 fully saturated rings. The zero-order chi connectivity index (χ0) is 13.7. The molecule has 19 heavy (non-hydrogen) atoms. The lowest BCUT2D eigenvalue weighted by atomic mass is 10.3. The predicted octanol–water partition coefficient (Wildman–Crippen LogP) is 2.39. The first-order valence-corrected chi connectivity index (χ1v) is 7.36. The fraction of sp³-hybridized carbons (Fsp3) is 0.231. The number of thiazole rings is 1. The Hall–Kier alpha value is -1.68. The largest absolute Gasteiger partial charge is 0.480 e. The van der Waals surface area contributed by atoms with Gasteiger partial charge in [-0.15, -0.1) is 17.8 Å². The summed E-state index contributed by atoms with van der Waals surface area (Å²) in [6.45, 7) is 0.685. The number of hydrogen-bond donors (Lipinski definition) is 1. The second-order valence-corrected chi connectivity index (χ2v) is 5.54. The summed E-state index contributed by atoms with van der Waals surface area (Å²) in [7, 11) is 0. The van der Waals surface area contributed by atoms with Gasteiger partial charge in [0.05, 0.1) is 18.8 Å². The van der Waals surface area contributed by atoms with E-state index in [4.69, 9.17) is 11.5 Å². The molecular weight excluding hydrogens is 280 g/mol. The van der Waals surface area contributed by atoms with E-state index in [1.807, 2.05) is 22.2 Å². The van der Waals surface area contributed by atoms with Crippen molar-refractivity contribution < 1.29 is 9.90 Å². The van der Waals surface area contributed by atoms with Crippen molar-refractivity contribution in [2.24, 2.45) is 0 Å². The summed E-state index contributed by atoms with van der Waals surface area (Å²) in [5.74, 6) is 1.58. The Labute approximate surface area is 119 Å². The number of carbonyl (C=O) groups is 1. The van der Waals surface area contributed by atoms with Gasteiger partial charge in [-0.05, 0) is 11.4 Å². The molecule has 0 aliphatic heterocycles. The molecule has 0 spiro atoms. The van der Waals surface area contributed by atoms with E-state index in [0.717, 1.165) is 16.3 Å². The van der Waals surface area contributed by atoms with Crippen molar-refractivity contribution in [3.8, 4) is 22.9 Å². The minimum Gasteiger partial charge on any atom is -0.480 e. The number of aliphatic carboxylic acids is 1. The molecular formula is C13H12N2O2S2. The van der Waals surface area contributed by atoms with E-state index < -0.39 is 5.97 Å². The number of terminal acetylenes is 1. The molecule has 0 aliphatic rings. The summed E-state index contributed by atoms with van der Waals surface area (Å²) in [4.78, 5) is 16.9. The molecule has 2 aromatic heterocycles. The highest BCUT2D eigenvalue weighted by atomic mass is 32.1. The summed E-state index contributed by atoms with van der Waals surface area (Å²) in [5, 5.41) is 15.8. The normalized spacial score (nSPS) is 10.5. The molecule has 1 N–H and O–H groups in total. The van der Waals surface area contributed by atoms with Crippen LogP contribution in [0.3, 0.4) is 0 Å². The maximum Gasteiger partial charge on any atom is 0.317 e. The zero-order valence-electron chi connectivity index (χ0n) is 10.1. The van der Waals surface area contributed by atoms with Gasteiger partial charge in [-0.1, -0.05) is 5.92 Å². The summed E-state index contributed by atoms with van der Waals surface area (Å²) in [5.41, 5.74) is 1.95. The van der Waals surface area contributed by atoms with Crippen LogP contribution in [0.2, 0.25) is 0 Å². The number of carboxylic acids is 1. The molecule has 98 valence electrons. The molecule has 4 nitrogen and oxygen atoms in total. The van der Waals surface area contributed by atoms with Gasteiger partial charge in [0, 0.05) is 22.9 Å². The quantitative estimate of drug-likeness (QED) is 0.831. The van der Waals surface area contributed by atoms with E-state index in [2.05, 4.69) is 10.9 Å². The van der Waals surface area contributed by atoms with E-state index in [0.29, 0.717) is 13.1 Å². The monoisotopic (exact) mass is 292 g/mol. The third-order valence-electron chi connectivity index (χ3n) is 2.38. The van der Waals surface area contributed by atoms with Crippen molar-refractivity contribution in [2.75, 3.05) is 13.1 Å². The second-order valence-electron chi connectivity index (χ2n) is 3.90. The Kier molecular flexibility index (Phi) is 4.68. The Morgan fingerprint density at radius 1 is 1.53 bits per heavy atom. The number of carboxylic acid groups (broad SMARTS) is 1. The summed E-state index contributed by atoms with van der Waals surface area (Å²) in [6, 6.07) is 2.02. The molecule has 0 unspecified atom stereocenters. The minimum atomic E-state index is -0.886. The minimum absolute atomic E-state index is 0.0739. The summed E-state index contributed by atoms with van der Waals surface area (Å²) < 4.78 is 0. The first kappa shape index (κ1) is 13.7. The second kappa shape index (κ2) is 6.48. The molecule has 6 heteroatoms. The number of thiophene rings is 1. The SMILES string of the molecule is C#CCN(CC(=O)O)Cc1csc(-c2ccsc2)n1. The Morgan fingerprint density at radius 3 is 3.00 bits per heavy atom. The van der Waals surface area contributed by atoms with E-state index in [1.54, 1.807) is 27.6 Å². The maximum absolute atomic E-state index is 10.7. The van der Waals surface area contributed by atoms with Crippen molar-refractivity contribution in [3.05, 3.63) is 27.9 Å². The van der Waals surface area contributed by atoms with Crippen LogP contribution >= 0.6 is 22.7 Å². The van der Waals surface area contributed by atoms with E-state index >= 15 is 0 Å². The van der Waals surface area contributed by atoms with Crippen molar-refractivity contribution in [2.45, 2.75) is 6.54 Å². The molecule has 0 saturated carbocycles. The van der Waals surface area contributed by atoms with E-state index in [-0.39, 0.29) is 6.54 Å². The molecule has 0 radical (unpaired) electrons. The van der Waals surface area contributed by atoms with Crippen LogP contribution in [0.25, 0.3) is 10.6 Å². The summed E-state index contributed by atoms with van der Waals surface area (Å²) in [6.07, 6.45) is 5.24. The topological polar surface area (TPSA) is 53.4 Å². The lowest BCUT2D eigenvalue weighted by Crippen LogP contribution is -2.29. The molecule has 0 aliphatic carbocycles. The predicted molar refractivity (Wildman–Crippen MR) is 77.2 cm³/mol. The first-order valence-electron chi connectivity index (χ1n) is 5.53. The zero-order valence-corrected chi connectivity index (χ0v) is 11.7. The fourth-order valence-electron chi connectivity index (χ4n) is 1.62. The molecule has 0 bridgehead atoms. The van der Waals surface area contributed by atoms with Crippen LogP contribution in [0.4, 0.5) is 0 Å². The van der Waals surface area contributed by atoms with Gasteiger partial charge in [0.1, 0.15) is 5.01 Å². The van der Waals surface area contributed by atoms with Crippen LogP contribution in [0.1, 0.15) is 5.69 Å². The Morgan fingerprint density at radius 2 is 2.37 bits per heavy atom. The third-order valence-corrected chi connectivity index (χ3v) is 4.00. The van der Waals surface area contributed by atoms with Gasteiger partial charge < -0.3 is 5.11 Å². The van der Waals surface area contributed by atoms with Gasteiger partial charge >= 0.3 is 5.97 Å². The van der Waals surface area contributed by atoms with Crippen molar-refractivity contribution >= 4 is 28.6 Å². The average molecular weight is 292 g/mol. The number of rotatable bonds is 6. The highest BCUT2D eigenvalue weighted by molar-refractivity contribution is 7.14.